The van der Waals surface area contributed by atoms with Crippen LogP contribution in [0.15, 0.2) is 0 Å². The number of hydrogen-bond acceptors (Lipinski definition) is 5. The van der Waals surface area contributed by atoms with Gasteiger partial charge < -0.3 is 10.2 Å². The number of nitrogens with zero attached hydrogens (tertiary/aromatic N) is 3. The summed E-state index contributed by atoms with van der Waals surface area (Å²) >= 11 is 1.69. The molecule has 5 heteroatoms. The van der Waals surface area contributed by atoms with E-state index in [9.17, 15) is 0 Å². The number of nitrogens with one attached hydrogen (secondary N) is 1. The molecule has 0 bridgehead atoms. The predicted octanol–water partition coefficient (Wildman–Crippen LogP) is 2.63. The second-order valence-corrected chi connectivity index (χ2v) is 6.12. The van der Waals surface area contributed by atoms with E-state index in [-0.39, 0.29) is 0 Å². The zero-order chi connectivity index (χ0) is 13.0. The lowest BCUT2D eigenvalue weighted by Gasteiger charge is -2.34. The summed E-state index contributed by atoms with van der Waals surface area (Å²) in [4.78, 5) is 2.53. The third-order valence-electron chi connectivity index (χ3n) is 3.91. The summed E-state index contributed by atoms with van der Waals surface area (Å²) < 4.78 is 0. The summed E-state index contributed by atoms with van der Waals surface area (Å²) in [7, 11) is 0. The van der Waals surface area contributed by atoms with Gasteiger partial charge in [-0.2, -0.15) is 0 Å². The Bertz CT molecular complexity index is 358. The molecule has 1 aromatic rings. The summed E-state index contributed by atoms with van der Waals surface area (Å²) in [5.74, 6) is 0.766. The number of rotatable bonds is 5. The van der Waals surface area contributed by atoms with Gasteiger partial charge in [0.1, 0.15) is 5.01 Å². The minimum atomic E-state index is 0.502. The SMILES string of the molecule is CCc1nnc(NC(C)C2CCN(CC)CC2)s1. The molecule has 0 radical (unpaired) electrons. The number of piperidine rings is 1. The molecule has 0 aromatic carbocycles. The number of anilines is 1. The molecule has 1 aromatic heterocycles. The molecule has 2 heterocycles. The Labute approximate surface area is 114 Å². The first kappa shape index (κ1) is 13.7. The van der Waals surface area contributed by atoms with Crippen LogP contribution in [0.5, 0.6) is 0 Å². The average Bonchev–Trinajstić information content (AvgIpc) is 2.86. The molecule has 1 N–H and O–H groups in total. The summed E-state index contributed by atoms with van der Waals surface area (Å²) in [5, 5.41) is 14.0. The Balaban J connectivity index is 1.82. The van der Waals surface area contributed by atoms with Crippen LogP contribution < -0.4 is 5.32 Å². The van der Waals surface area contributed by atoms with E-state index in [2.05, 4.69) is 41.2 Å². The van der Waals surface area contributed by atoms with Crippen LogP contribution in [0.3, 0.4) is 0 Å². The van der Waals surface area contributed by atoms with Gasteiger partial charge in [0.2, 0.25) is 5.13 Å². The van der Waals surface area contributed by atoms with E-state index >= 15 is 0 Å². The molecule has 1 aliphatic heterocycles. The first-order valence-corrected chi connectivity index (χ1v) is 7.85. The van der Waals surface area contributed by atoms with Crippen LogP contribution >= 0.6 is 11.3 Å². The van der Waals surface area contributed by atoms with Crippen LogP contribution in [0.4, 0.5) is 5.13 Å². The summed E-state index contributed by atoms with van der Waals surface area (Å²) in [6.07, 6.45) is 3.56. The van der Waals surface area contributed by atoms with E-state index in [1.807, 2.05) is 0 Å². The fourth-order valence-corrected chi connectivity index (χ4v) is 3.31. The molecule has 1 aliphatic rings. The molecule has 1 unspecified atom stereocenters. The molecule has 1 atom stereocenters. The van der Waals surface area contributed by atoms with Crippen molar-refractivity contribution in [2.45, 2.75) is 46.1 Å². The molecule has 1 fully saturated rings. The third-order valence-corrected chi connectivity index (χ3v) is 4.91. The fourth-order valence-electron chi connectivity index (χ4n) is 2.54. The van der Waals surface area contributed by atoms with Crippen molar-refractivity contribution in [3.05, 3.63) is 5.01 Å². The van der Waals surface area contributed by atoms with Crippen molar-refractivity contribution in [1.82, 2.24) is 15.1 Å². The summed E-state index contributed by atoms with van der Waals surface area (Å²) in [6, 6.07) is 0.502. The monoisotopic (exact) mass is 268 g/mol. The van der Waals surface area contributed by atoms with Crippen LogP contribution in [0.1, 0.15) is 38.6 Å². The largest absolute Gasteiger partial charge is 0.357 e. The number of likely N-dealkylation sites (tertiary alicyclic amines) is 1. The van der Waals surface area contributed by atoms with Crippen LogP contribution in [-0.4, -0.2) is 40.8 Å². The highest BCUT2D eigenvalue weighted by atomic mass is 32.1. The molecular weight excluding hydrogens is 244 g/mol. The molecule has 102 valence electrons. The van der Waals surface area contributed by atoms with Crippen molar-refractivity contribution in [1.29, 1.82) is 0 Å². The standard InChI is InChI=1S/C13H24N4S/c1-4-12-15-16-13(18-12)14-10(3)11-6-8-17(5-2)9-7-11/h10-11H,4-9H2,1-3H3,(H,14,16). The third kappa shape index (κ3) is 3.42. The van der Waals surface area contributed by atoms with Gasteiger partial charge in [0, 0.05) is 6.04 Å². The molecule has 2 rings (SSSR count). The van der Waals surface area contributed by atoms with Crippen LogP contribution in [0.25, 0.3) is 0 Å². The number of aromatic nitrogens is 2. The van der Waals surface area contributed by atoms with Gasteiger partial charge in [-0.15, -0.1) is 10.2 Å². The first-order valence-electron chi connectivity index (χ1n) is 7.04. The summed E-state index contributed by atoms with van der Waals surface area (Å²) in [5.41, 5.74) is 0. The summed E-state index contributed by atoms with van der Waals surface area (Å²) in [6.45, 7) is 10.3. The van der Waals surface area contributed by atoms with Gasteiger partial charge in [-0.05, 0) is 51.7 Å². The predicted molar refractivity (Wildman–Crippen MR) is 77.2 cm³/mol. The minimum absolute atomic E-state index is 0.502. The molecule has 0 aliphatic carbocycles. The molecule has 1 saturated heterocycles. The lowest BCUT2D eigenvalue weighted by atomic mass is 9.90. The topological polar surface area (TPSA) is 41.1 Å². The van der Waals surface area contributed by atoms with Crippen LogP contribution in [0.2, 0.25) is 0 Å². The average molecular weight is 268 g/mol. The maximum atomic E-state index is 4.20. The minimum Gasteiger partial charge on any atom is -0.357 e. The highest BCUT2D eigenvalue weighted by Gasteiger charge is 2.23. The molecule has 0 amide bonds. The Kier molecular flexibility index (Phi) is 4.95. The highest BCUT2D eigenvalue weighted by molar-refractivity contribution is 7.15. The molecule has 0 saturated carbocycles. The maximum Gasteiger partial charge on any atom is 0.205 e. The van der Waals surface area contributed by atoms with E-state index in [0.29, 0.717) is 6.04 Å². The lowest BCUT2D eigenvalue weighted by molar-refractivity contribution is 0.183. The number of aryl methyl sites for hydroxylation is 1. The van der Waals surface area contributed by atoms with E-state index in [1.165, 1.54) is 32.5 Å². The van der Waals surface area contributed by atoms with Crippen molar-refractivity contribution in [3.63, 3.8) is 0 Å². The zero-order valence-electron chi connectivity index (χ0n) is 11.6. The zero-order valence-corrected chi connectivity index (χ0v) is 12.5. The van der Waals surface area contributed by atoms with Gasteiger partial charge in [-0.25, -0.2) is 0 Å². The Morgan fingerprint density at radius 2 is 2.06 bits per heavy atom. The smallest absolute Gasteiger partial charge is 0.205 e. The highest BCUT2D eigenvalue weighted by Crippen LogP contribution is 2.24. The normalized spacial score (nSPS) is 19.9. The Hall–Kier alpha value is -0.680. The van der Waals surface area contributed by atoms with Gasteiger partial charge in [0.15, 0.2) is 0 Å². The second-order valence-electron chi connectivity index (χ2n) is 5.06. The van der Waals surface area contributed by atoms with Gasteiger partial charge in [-0.1, -0.05) is 25.2 Å². The van der Waals surface area contributed by atoms with Crippen LogP contribution in [0, 0.1) is 5.92 Å². The van der Waals surface area contributed by atoms with Crippen LogP contribution in [-0.2, 0) is 6.42 Å². The molecular formula is C13H24N4S. The van der Waals surface area contributed by atoms with Crippen molar-refractivity contribution in [2.75, 3.05) is 25.0 Å². The van der Waals surface area contributed by atoms with Gasteiger partial charge >= 0.3 is 0 Å². The van der Waals surface area contributed by atoms with Crippen molar-refractivity contribution < 1.29 is 0 Å². The van der Waals surface area contributed by atoms with Gasteiger partial charge in [0.05, 0.1) is 0 Å². The molecule has 18 heavy (non-hydrogen) atoms. The molecule has 0 spiro atoms. The van der Waals surface area contributed by atoms with E-state index in [1.54, 1.807) is 11.3 Å². The Morgan fingerprint density at radius 1 is 1.33 bits per heavy atom. The van der Waals surface area contributed by atoms with Gasteiger partial charge in [-0.3, -0.25) is 0 Å². The number of hydrogen-bond donors (Lipinski definition) is 1. The van der Waals surface area contributed by atoms with E-state index in [4.69, 9.17) is 0 Å². The fraction of sp³-hybridized carbons (Fsp3) is 0.846. The maximum absolute atomic E-state index is 4.20. The van der Waals surface area contributed by atoms with E-state index < -0.39 is 0 Å². The van der Waals surface area contributed by atoms with Crippen molar-refractivity contribution in [2.24, 2.45) is 5.92 Å². The van der Waals surface area contributed by atoms with Crippen molar-refractivity contribution >= 4 is 16.5 Å². The quantitative estimate of drug-likeness (QED) is 0.891. The molecule has 4 nitrogen and oxygen atoms in total. The van der Waals surface area contributed by atoms with Gasteiger partial charge in [0.25, 0.3) is 0 Å². The van der Waals surface area contributed by atoms with Crippen molar-refractivity contribution in [3.8, 4) is 0 Å². The second kappa shape index (κ2) is 6.48. The first-order chi connectivity index (χ1) is 8.72. The lowest BCUT2D eigenvalue weighted by Crippen LogP contribution is -2.39. The Morgan fingerprint density at radius 3 is 2.61 bits per heavy atom. The van der Waals surface area contributed by atoms with E-state index in [0.717, 1.165) is 22.5 Å².